The largest absolute Gasteiger partial charge is 0.478 e. The number of carboxylic acid groups (broad SMARTS) is 1. The summed E-state index contributed by atoms with van der Waals surface area (Å²) in [4.78, 5) is 22.8. The quantitative estimate of drug-likeness (QED) is 0.457. The number of furan rings is 2. The molecule has 4 aromatic rings. The molecule has 0 radical (unpaired) electrons. The second-order valence-corrected chi connectivity index (χ2v) is 6.98. The standard InChI is InChI=1S/C23H20O6/c1-13-18-12-14(22(24)25)6-9-21(18)29-19(13)5-3-4-17-11-16-10-15(23(26)27-2)7-8-20(16)28-17/h6-12H,3-5H2,1-2H3,(H,24,25). The number of fused-ring (bicyclic) bond motifs is 2. The highest BCUT2D eigenvalue weighted by Crippen LogP contribution is 2.28. The van der Waals surface area contributed by atoms with Crippen molar-refractivity contribution in [1.29, 1.82) is 0 Å². The van der Waals surface area contributed by atoms with Gasteiger partial charge in [0.25, 0.3) is 0 Å². The lowest BCUT2D eigenvalue weighted by Gasteiger charge is -1.98. The topological polar surface area (TPSA) is 89.9 Å². The van der Waals surface area contributed by atoms with E-state index in [4.69, 9.17) is 18.7 Å². The van der Waals surface area contributed by atoms with Gasteiger partial charge >= 0.3 is 11.9 Å². The number of hydrogen-bond donors (Lipinski definition) is 1. The Morgan fingerprint density at radius 2 is 1.72 bits per heavy atom. The molecule has 0 fully saturated rings. The molecular weight excluding hydrogens is 372 g/mol. The molecule has 148 valence electrons. The summed E-state index contributed by atoms with van der Waals surface area (Å²) in [6.07, 6.45) is 2.25. The minimum absolute atomic E-state index is 0.251. The first kappa shape index (κ1) is 18.8. The average molecular weight is 392 g/mol. The van der Waals surface area contributed by atoms with E-state index in [1.54, 1.807) is 36.4 Å². The fourth-order valence-corrected chi connectivity index (χ4v) is 3.53. The number of rotatable bonds is 6. The molecule has 29 heavy (non-hydrogen) atoms. The number of carboxylic acids is 1. The van der Waals surface area contributed by atoms with Crippen LogP contribution in [0.25, 0.3) is 21.9 Å². The lowest BCUT2D eigenvalue weighted by atomic mass is 10.1. The summed E-state index contributed by atoms with van der Waals surface area (Å²) < 4.78 is 16.5. The Kier molecular flexibility index (Phi) is 4.84. The van der Waals surface area contributed by atoms with Gasteiger partial charge in [-0.2, -0.15) is 0 Å². The molecule has 0 aliphatic carbocycles. The van der Waals surface area contributed by atoms with Crippen molar-refractivity contribution in [2.24, 2.45) is 0 Å². The van der Waals surface area contributed by atoms with Gasteiger partial charge in [-0.25, -0.2) is 9.59 Å². The van der Waals surface area contributed by atoms with Gasteiger partial charge in [-0.05, 0) is 61.4 Å². The third kappa shape index (κ3) is 3.61. The fraction of sp³-hybridized carbons (Fsp3) is 0.217. The first-order valence-electron chi connectivity index (χ1n) is 9.32. The summed E-state index contributed by atoms with van der Waals surface area (Å²) in [5.74, 6) is 0.367. The molecule has 0 unspecified atom stereocenters. The van der Waals surface area contributed by atoms with E-state index in [1.807, 2.05) is 13.0 Å². The van der Waals surface area contributed by atoms with Crippen LogP contribution in [0.15, 0.2) is 51.3 Å². The molecule has 1 N–H and O–H groups in total. The van der Waals surface area contributed by atoms with Gasteiger partial charge in [-0.15, -0.1) is 0 Å². The third-order valence-electron chi connectivity index (χ3n) is 5.10. The van der Waals surface area contributed by atoms with Crippen LogP contribution in [0, 0.1) is 6.92 Å². The molecule has 6 nitrogen and oxygen atoms in total. The minimum Gasteiger partial charge on any atom is -0.478 e. The number of carbonyl (C=O) groups is 2. The molecule has 2 heterocycles. The Morgan fingerprint density at radius 1 is 0.966 bits per heavy atom. The second kappa shape index (κ2) is 7.47. The molecule has 0 spiro atoms. The lowest BCUT2D eigenvalue weighted by Crippen LogP contribution is -1.99. The zero-order valence-corrected chi connectivity index (χ0v) is 16.2. The number of esters is 1. The molecule has 0 amide bonds. The van der Waals surface area contributed by atoms with Crippen molar-refractivity contribution in [3.63, 3.8) is 0 Å². The van der Waals surface area contributed by atoms with E-state index in [-0.39, 0.29) is 11.5 Å². The third-order valence-corrected chi connectivity index (χ3v) is 5.10. The Balaban J connectivity index is 1.48. The van der Waals surface area contributed by atoms with Gasteiger partial charge < -0.3 is 18.7 Å². The predicted octanol–water partition coefficient (Wildman–Crippen LogP) is 5.15. The molecule has 0 atom stereocenters. The number of aromatic carboxylic acids is 1. The fourth-order valence-electron chi connectivity index (χ4n) is 3.53. The number of carbonyl (C=O) groups excluding carboxylic acids is 1. The monoisotopic (exact) mass is 392 g/mol. The number of benzene rings is 2. The normalized spacial score (nSPS) is 11.2. The number of hydrogen-bond acceptors (Lipinski definition) is 5. The van der Waals surface area contributed by atoms with Crippen molar-refractivity contribution in [2.45, 2.75) is 26.2 Å². The molecule has 0 bridgehead atoms. The lowest BCUT2D eigenvalue weighted by molar-refractivity contribution is 0.0600. The molecule has 0 saturated heterocycles. The zero-order valence-electron chi connectivity index (χ0n) is 16.2. The van der Waals surface area contributed by atoms with E-state index >= 15 is 0 Å². The predicted molar refractivity (Wildman–Crippen MR) is 107 cm³/mol. The zero-order chi connectivity index (χ0) is 20.5. The van der Waals surface area contributed by atoms with Crippen LogP contribution in [0.2, 0.25) is 0 Å². The van der Waals surface area contributed by atoms with Crippen LogP contribution >= 0.6 is 0 Å². The summed E-state index contributed by atoms with van der Waals surface area (Å²) in [5, 5.41) is 10.9. The van der Waals surface area contributed by atoms with Gasteiger partial charge in [-0.1, -0.05) is 0 Å². The maximum Gasteiger partial charge on any atom is 0.337 e. The molecule has 0 aliphatic heterocycles. The van der Waals surface area contributed by atoms with Gasteiger partial charge in [0.05, 0.1) is 18.2 Å². The van der Waals surface area contributed by atoms with E-state index in [1.165, 1.54) is 7.11 Å². The van der Waals surface area contributed by atoms with Crippen molar-refractivity contribution in [2.75, 3.05) is 7.11 Å². The molecule has 4 rings (SSSR count). The number of methoxy groups -OCH3 is 1. The van der Waals surface area contributed by atoms with Crippen LogP contribution in [0.4, 0.5) is 0 Å². The van der Waals surface area contributed by atoms with Gasteiger partial charge in [0, 0.05) is 23.6 Å². The molecule has 2 aromatic carbocycles. The maximum absolute atomic E-state index is 11.7. The molecule has 0 saturated carbocycles. The molecule has 6 heteroatoms. The highest BCUT2D eigenvalue weighted by atomic mass is 16.5. The Morgan fingerprint density at radius 3 is 2.48 bits per heavy atom. The number of aryl methyl sites for hydroxylation is 3. The van der Waals surface area contributed by atoms with Crippen LogP contribution in [0.5, 0.6) is 0 Å². The Bertz CT molecular complexity index is 1230. The van der Waals surface area contributed by atoms with E-state index in [2.05, 4.69) is 0 Å². The van der Waals surface area contributed by atoms with Gasteiger partial charge in [0.1, 0.15) is 22.7 Å². The molecule has 2 aromatic heterocycles. The summed E-state index contributed by atoms with van der Waals surface area (Å²) in [6, 6.07) is 12.1. The summed E-state index contributed by atoms with van der Waals surface area (Å²) in [7, 11) is 1.36. The van der Waals surface area contributed by atoms with Crippen LogP contribution < -0.4 is 0 Å². The first-order valence-corrected chi connectivity index (χ1v) is 9.32. The van der Waals surface area contributed by atoms with Gasteiger partial charge in [0.2, 0.25) is 0 Å². The SMILES string of the molecule is COC(=O)c1ccc2oc(CCCc3oc4ccc(C(=O)O)cc4c3C)cc2c1. The van der Waals surface area contributed by atoms with Crippen molar-refractivity contribution in [3.8, 4) is 0 Å². The first-order chi connectivity index (χ1) is 14.0. The average Bonchev–Trinajstić information content (AvgIpc) is 3.27. The summed E-state index contributed by atoms with van der Waals surface area (Å²) in [5.41, 5.74) is 3.14. The second-order valence-electron chi connectivity index (χ2n) is 6.98. The van der Waals surface area contributed by atoms with Crippen molar-refractivity contribution in [1.82, 2.24) is 0 Å². The van der Waals surface area contributed by atoms with E-state index < -0.39 is 5.97 Å². The van der Waals surface area contributed by atoms with Crippen LogP contribution in [-0.4, -0.2) is 24.2 Å². The van der Waals surface area contributed by atoms with Crippen molar-refractivity contribution < 1.29 is 28.3 Å². The van der Waals surface area contributed by atoms with Crippen LogP contribution in [0.1, 0.15) is 44.2 Å². The Hall–Kier alpha value is -3.54. The van der Waals surface area contributed by atoms with E-state index in [0.29, 0.717) is 17.6 Å². The minimum atomic E-state index is -0.950. The smallest absolute Gasteiger partial charge is 0.337 e. The maximum atomic E-state index is 11.7. The van der Waals surface area contributed by atoms with Gasteiger partial charge in [0.15, 0.2) is 0 Å². The highest BCUT2D eigenvalue weighted by molar-refractivity contribution is 5.95. The van der Waals surface area contributed by atoms with Crippen LogP contribution in [0.3, 0.4) is 0 Å². The van der Waals surface area contributed by atoms with Gasteiger partial charge in [-0.3, -0.25) is 0 Å². The summed E-state index contributed by atoms with van der Waals surface area (Å²) >= 11 is 0. The van der Waals surface area contributed by atoms with E-state index in [9.17, 15) is 9.59 Å². The molecular formula is C23H20O6. The summed E-state index contributed by atoms with van der Waals surface area (Å²) in [6.45, 7) is 1.95. The van der Waals surface area contributed by atoms with E-state index in [0.717, 1.165) is 46.3 Å². The van der Waals surface area contributed by atoms with Crippen molar-refractivity contribution >= 4 is 33.9 Å². The Labute approximate surface area is 166 Å². The molecule has 0 aliphatic rings. The van der Waals surface area contributed by atoms with Crippen LogP contribution in [-0.2, 0) is 17.6 Å². The number of ether oxygens (including phenoxy) is 1. The highest BCUT2D eigenvalue weighted by Gasteiger charge is 2.14. The van der Waals surface area contributed by atoms with Crippen molar-refractivity contribution in [3.05, 3.63) is 70.7 Å².